The Morgan fingerprint density at radius 2 is 1.74 bits per heavy atom. The number of rotatable bonds is 8. The van der Waals surface area contributed by atoms with Crippen LogP contribution in [0, 0.1) is 0 Å². The molecule has 7 N–H and O–H groups in total. The molecule has 1 aromatic carbocycles. The average molecular weight is 325 g/mol. The largest absolute Gasteiger partial charge is 0.480 e. The number of carboxylic acids is 2. The van der Waals surface area contributed by atoms with Crippen molar-refractivity contribution in [1.29, 1.82) is 0 Å². The molecular weight excluding hydrogens is 302 g/mol. The van der Waals surface area contributed by atoms with Crippen LogP contribution in [0.1, 0.15) is 18.4 Å². The minimum atomic E-state index is -1.04. The highest BCUT2D eigenvalue weighted by Crippen LogP contribution is 1.98. The lowest BCUT2D eigenvalue weighted by Gasteiger charge is -2.02. The third-order valence-electron chi connectivity index (χ3n) is 2.68. The molecule has 128 valence electrons. The zero-order chi connectivity index (χ0) is 17.7. The summed E-state index contributed by atoms with van der Waals surface area (Å²) < 4.78 is 0. The van der Waals surface area contributed by atoms with Gasteiger partial charge in [0.1, 0.15) is 12.6 Å². The lowest BCUT2D eigenvalue weighted by atomic mass is 10.1. The number of benzene rings is 1. The van der Waals surface area contributed by atoms with Gasteiger partial charge in [0.2, 0.25) is 5.91 Å². The van der Waals surface area contributed by atoms with Gasteiger partial charge in [0.05, 0.1) is 6.42 Å². The zero-order valence-corrected chi connectivity index (χ0v) is 12.8. The monoisotopic (exact) mass is 325 g/mol. The first-order chi connectivity index (χ1) is 10.9. The van der Waals surface area contributed by atoms with Crippen molar-refractivity contribution in [3.8, 4) is 0 Å². The SMILES string of the molecule is NCCCC(N)C(=O)O.O=C(O)CNC(=O)Cc1ccccc1. The van der Waals surface area contributed by atoms with Crippen LogP contribution in [0.2, 0.25) is 0 Å². The van der Waals surface area contributed by atoms with Crippen LogP contribution in [0.15, 0.2) is 30.3 Å². The van der Waals surface area contributed by atoms with Crippen molar-refractivity contribution in [3.05, 3.63) is 35.9 Å². The van der Waals surface area contributed by atoms with Crippen molar-refractivity contribution in [1.82, 2.24) is 5.32 Å². The van der Waals surface area contributed by atoms with E-state index in [2.05, 4.69) is 5.32 Å². The molecule has 0 aromatic heterocycles. The minimum absolute atomic E-state index is 0.216. The fourth-order valence-electron chi connectivity index (χ4n) is 1.48. The highest BCUT2D eigenvalue weighted by atomic mass is 16.4. The molecule has 23 heavy (non-hydrogen) atoms. The van der Waals surface area contributed by atoms with Gasteiger partial charge in [0, 0.05) is 0 Å². The molecule has 0 saturated heterocycles. The highest BCUT2D eigenvalue weighted by molar-refractivity contribution is 5.82. The highest BCUT2D eigenvalue weighted by Gasteiger charge is 2.08. The maximum atomic E-state index is 11.1. The number of carbonyl (C=O) groups is 3. The number of nitrogens with two attached hydrogens (primary N) is 2. The summed E-state index contributed by atoms with van der Waals surface area (Å²) in [5, 5.41) is 18.8. The van der Waals surface area contributed by atoms with Gasteiger partial charge in [0.25, 0.3) is 0 Å². The normalized spacial score (nSPS) is 10.9. The summed E-state index contributed by atoms with van der Waals surface area (Å²) in [6.45, 7) is 0.173. The van der Waals surface area contributed by atoms with Gasteiger partial charge in [-0.05, 0) is 24.9 Å². The second kappa shape index (κ2) is 12.1. The van der Waals surface area contributed by atoms with Gasteiger partial charge < -0.3 is 27.0 Å². The third kappa shape index (κ3) is 11.8. The number of carbonyl (C=O) groups excluding carboxylic acids is 1. The van der Waals surface area contributed by atoms with Crippen LogP contribution in [0.25, 0.3) is 0 Å². The van der Waals surface area contributed by atoms with E-state index in [0.717, 1.165) is 5.56 Å². The molecule has 1 unspecified atom stereocenters. The standard InChI is InChI=1S/C10H11NO3.C5H12N2O2/c12-9(11-7-10(13)14)6-8-4-2-1-3-5-8;6-3-1-2-4(7)5(8)9/h1-5H,6-7H2,(H,11,12)(H,13,14);4H,1-3,6-7H2,(H,8,9). The second-order valence-electron chi connectivity index (χ2n) is 4.71. The first-order valence-electron chi connectivity index (χ1n) is 7.07. The molecule has 0 aliphatic rings. The van der Waals surface area contributed by atoms with Gasteiger partial charge in [-0.15, -0.1) is 0 Å². The summed E-state index contributed by atoms with van der Waals surface area (Å²) >= 11 is 0. The van der Waals surface area contributed by atoms with Crippen LogP contribution in [0.4, 0.5) is 0 Å². The fraction of sp³-hybridized carbons (Fsp3) is 0.400. The Morgan fingerprint density at radius 1 is 1.13 bits per heavy atom. The van der Waals surface area contributed by atoms with E-state index >= 15 is 0 Å². The van der Waals surface area contributed by atoms with Crippen LogP contribution in [0.3, 0.4) is 0 Å². The lowest BCUT2D eigenvalue weighted by Crippen LogP contribution is -2.30. The molecule has 8 heteroatoms. The lowest BCUT2D eigenvalue weighted by molar-refractivity contribution is -0.139. The molecule has 0 fully saturated rings. The Morgan fingerprint density at radius 3 is 2.22 bits per heavy atom. The van der Waals surface area contributed by atoms with Crippen LogP contribution in [-0.4, -0.2) is 47.2 Å². The van der Waals surface area contributed by atoms with Crippen molar-refractivity contribution in [2.45, 2.75) is 25.3 Å². The fourth-order valence-corrected chi connectivity index (χ4v) is 1.48. The Kier molecular flexibility index (Phi) is 10.8. The summed E-state index contributed by atoms with van der Waals surface area (Å²) in [5.74, 6) is -2.27. The van der Waals surface area contributed by atoms with Gasteiger partial charge in [0.15, 0.2) is 0 Å². The molecule has 0 aliphatic carbocycles. The van der Waals surface area contributed by atoms with E-state index in [1.807, 2.05) is 30.3 Å². The molecule has 0 saturated carbocycles. The molecule has 1 rings (SSSR count). The number of amides is 1. The summed E-state index contributed by atoms with van der Waals surface area (Å²) in [6, 6.07) is 8.42. The minimum Gasteiger partial charge on any atom is -0.480 e. The summed E-state index contributed by atoms with van der Waals surface area (Å²) in [5.41, 5.74) is 11.1. The Hall–Kier alpha value is -2.45. The van der Waals surface area contributed by atoms with Gasteiger partial charge in [-0.25, -0.2) is 0 Å². The predicted molar refractivity (Wildman–Crippen MR) is 84.7 cm³/mol. The molecule has 1 amide bonds. The molecule has 8 nitrogen and oxygen atoms in total. The van der Waals surface area contributed by atoms with E-state index in [1.165, 1.54) is 0 Å². The number of aliphatic carboxylic acids is 2. The average Bonchev–Trinajstić information content (AvgIpc) is 2.52. The molecular formula is C15H23N3O5. The van der Waals surface area contributed by atoms with Crippen LogP contribution >= 0.6 is 0 Å². The number of carboxylic acid groups (broad SMARTS) is 2. The summed E-state index contributed by atoms with van der Waals surface area (Å²) in [4.78, 5) is 31.3. The van der Waals surface area contributed by atoms with Crippen LogP contribution in [-0.2, 0) is 20.8 Å². The van der Waals surface area contributed by atoms with Crippen molar-refractivity contribution < 1.29 is 24.6 Å². The molecule has 1 atom stereocenters. The van der Waals surface area contributed by atoms with E-state index in [9.17, 15) is 14.4 Å². The molecule has 0 spiro atoms. The van der Waals surface area contributed by atoms with Crippen molar-refractivity contribution in [3.63, 3.8) is 0 Å². The molecule has 0 bridgehead atoms. The zero-order valence-electron chi connectivity index (χ0n) is 12.8. The number of hydrogen-bond donors (Lipinski definition) is 5. The predicted octanol–water partition coefficient (Wildman–Crippen LogP) is -0.433. The molecule has 0 radical (unpaired) electrons. The smallest absolute Gasteiger partial charge is 0.322 e. The van der Waals surface area contributed by atoms with Crippen molar-refractivity contribution >= 4 is 17.8 Å². The molecule has 1 aromatic rings. The van der Waals surface area contributed by atoms with Crippen LogP contribution in [0.5, 0.6) is 0 Å². The van der Waals surface area contributed by atoms with E-state index in [4.69, 9.17) is 21.7 Å². The number of hydrogen-bond acceptors (Lipinski definition) is 5. The third-order valence-corrected chi connectivity index (χ3v) is 2.68. The van der Waals surface area contributed by atoms with E-state index in [-0.39, 0.29) is 18.9 Å². The van der Waals surface area contributed by atoms with Crippen LogP contribution < -0.4 is 16.8 Å². The second-order valence-corrected chi connectivity index (χ2v) is 4.71. The maximum Gasteiger partial charge on any atom is 0.322 e. The number of nitrogens with one attached hydrogen (secondary N) is 1. The van der Waals surface area contributed by atoms with E-state index in [0.29, 0.717) is 19.4 Å². The van der Waals surface area contributed by atoms with Gasteiger partial charge in [-0.3, -0.25) is 14.4 Å². The maximum absolute atomic E-state index is 11.1. The van der Waals surface area contributed by atoms with Crippen molar-refractivity contribution in [2.75, 3.05) is 13.1 Å². The first-order valence-corrected chi connectivity index (χ1v) is 7.07. The quantitative estimate of drug-likeness (QED) is 0.434. The summed E-state index contributed by atoms with van der Waals surface area (Å²) in [6.07, 6.45) is 1.35. The van der Waals surface area contributed by atoms with Gasteiger partial charge in [-0.2, -0.15) is 0 Å². The molecule has 0 heterocycles. The Labute approximate surface area is 134 Å². The van der Waals surface area contributed by atoms with Gasteiger partial charge >= 0.3 is 11.9 Å². The van der Waals surface area contributed by atoms with Crippen molar-refractivity contribution in [2.24, 2.45) is 11.5 Å². The topological polar surface area (TPSA) is 156 Å². The first kappa shape index (κ1) is 20.6. The molecule has 0 aliphatic heterocycles. The van der Waals surface area contributed by atoms with E-state index in [1.54, 1.807) is 0 Å². The van der Waals surface area contributed by atoms with E-state index < -0.39 is 18.0 Å². The summed E-state index contributed by atoms with van der Waals surface area (Å²) in [7, 11) is 0. The Balaban J connectivity index is 0.000000468. The van der Waals surface area contributed by atoms with Gasteiger partial charge in [-0.1, -0.05) is 30.3 Å². The Bertz CT molecular complexity index is 493.